The zero-order valence-electron chi connectivity index (χ0n) is 30.2. The first kappa shape index (κ1) is 30.9. The smallest absolute Gasteiger partial charge is 0.0749 e. The van der Waals surface area contributed by atoms with Gasteiger partial charge in [0.2, 0.25) is 0 Å². The van der Waals surface area contributed by atoms with Crippen LogP contribution in [0, 0.1) is 0 Å². The molecule has 2 heteroatoms. The molecule has 254 valence electrons. The van der Waals surface area contributed by atoms with Crippen LogP contribution >= 0.6 is 0 Å². The molecule has 0 saturated heterocycles. The van der Waals surface area contributed by atoms with Crippen LogP contribution in [0.4, 0.5) is 0 Å². The van der Waals surface area contributed by atoms with Crippen molar-refractivity contribution < 1.29 is 0 Å². The third kappa shape index (κ3) is 4.11. The van der Waals surface area contributed by atoms with E-state index >= 15 is 0 Å². The summed E-state index contributed by atoms with van der Waals surface area (Å²) in [5.41, 5.74) is 16.3. The number of nitrogens with zero attached hydrogens (tertiary/aromatic N) is 2. The first-order valence-corrected chi connectivity index (χ1v) is 18.8. The quantitative estimate of drug-likeness (QED) is 0.172. The summed E-state index contributed by atoms with van der Waals surface area (Å²) in [5, 5.41) is 4.95. The summed E-state index contributed by atoms with van der Waals surface area (Å²) in [6.07, 6.45) is 3.88. The van der Waals surface area contributed by atoms with E-state index in [-0.39, 0.29) is 10.8 Å². The Hall–Kier alpha value is -6.64. The number of hydrogen-bond donors (Lipinski definition) is 0. The van der Waals surface area contributed by atoms with E-state index in [1.165, 1.54) is 88.3 Å². The number of aromatic nitrogens is 2. The second-order valence-corrected chi connectivity index (χ2v) is 15.1. The average Bonchev–Trinajstić information content (AvgIpc) is 3.65. The van der Waals surface area contributed by atoms with E-state index in [4.69, 9.17) is 9.97 Å². The predicted molar refractivity (Wildman–Crippen MR) is 223 cm³/mol. The van der Waals surface area contributed by atoms with Gasteiger partial charge in [0.1, 0.15) is 0 Å². The molecule has 0 bridgehead atoms. The van der Waals surface area contributed by atoms with Crippen LogP contribution in [0.15, 0.2) is 182 Å². The number of fused-ring (bicyclic) bond motifs is 8. The highest BCUT2D eigenvalue weighted by atomic mass is 14.7. The van der Waals surface area contributed by atoms with Crippen molar-refractivity contribution in [1.82, 2.24) is 9.97 Å². The Balaban J connectivity index is 1.35. The number of rotatable bonds is 4. The minimum Gasteiger partial charge on any atom is -0.256 e. The summed E-state index contributed by atoms with van der Waals surface area (Å²) in [5.74, 6) is 0. The van der Waals surface area contributed by atoms with E-state index < -0.39 is 0 Å². The number of benzene rings is 7. The lowest BCUT2D eigenvalue weighted by Crippen LogP contribution is -2.22. The van der Waals surface area contributed by atoms with Crippen LogP contribution in [-0.2, 0) is 10.8 Å². The first-order valence-electron chi connectivity index (χ1n) is 18.8. The van der Waals surface area contributed by atoms with Crippen LogP contribution in [0.5, 0.6) is 0 Å². The monoisotopic (exact) mass is 688 g/mol. The van der Waals surface area contributed by atoms with Gasteiger partial charge in [0, 0.05) is 34.4 Å². The summed E-state index contributed by atoms with van der Waals surface area (Å²) in [4.78, 5) is 10.2. The molecule has 7 aromatic carbocycles. The molecule has 2 unspecified atom stereocenters. The van der Waals surface area contributed by atoms with Crippen molar-refractivity contribution in [3.63, 3.8) is 0 Å². The molecule has 0 N–H and O–H groups in total. The molecule has 2 atom stereocenters. The molecule has 0 radical (unpaired) electrons. The molecule has 2 aliphatic rings. The summed E-state index contributed by atoms with van der Waals surface area (Å²) in [7, 11) is 0. The zero-order valence-corrected chi connectivity index (χ0v) is 30.2. The first-order chi connectivity index (χ1) is 26.6. The Morgan fingerprint density at radius 1 is 0.352 bits per heavy atom. The van der Waals surface area contributed by atoms with Gasteiger partial charge in [-0.25, -0.2) is 0 Å². The van der Waals surface area contributed by atoms with Gasteiger partial charge >= 0.3 is 0 Å². The Morgan fingerprint density at radius 2 is 0.704 bits per heavy atom. The van der Waals surface area contributed by atoms with Gasteiger partial charge in [-0.15, -0.1) is 0 Å². The van der Waals surface area contributed by atoms with Gasteiger partial charge in [0.25, 0.3) is 0 Å². The van der Waals surface area contributed by atoms with E-state index in [2.05, 4.69) is 184 Å². The summed E-state index contributed by atoms with van der Waals surface area (Å²) in [6.45, 7) is 4.75. The maximum atomic E-state index is 5.09. The Kier molecular flexibility index (Phi) is 6.55. The second-order valence-electron chi connectivity index (χ2n) is 15.1. The molecule has 11 rings (SSSR count). The largest absolute Gasteiger partial charge is 0.256 e. The van der Waals surface area contributed by atoms with Crippen LogP contribution in [0.3, 0.4) is 0 Å². The second kappa shape index (κ2) is 11.4. The van der Waals surface area contributed by atoms with Gasteiger partial charge in [-0.3, -0.25) is 9.97 Å². The van der Waals surface area contributed by atoms with Crippen molar-refractivity contribution in [3.05, 3.63) is 216 Å². The number of hydrogen-bond acceptors (Lipinski definition) is 2. The van der Waals surface area contributed by atoms with Crippen LogP contribution in [0.2, 0.25) is 0 Å². The molecule has 2 aromatic heterocycles. The normalized spacial score (nSPS) is 18.0. The molecule has 2 nitrogen and oxygen atoms in total. The fourth-order valence-electron chi connectivity index (χ4n) is 9.87. The Bertz CT molecular complexity index is 2730. The third-order valence-electron chi connectivity index (χ3n) is 12.5. The van der Waals surface area contributed by atoms with Crippen molar-refractivity contribution in [2.45, 2.75) is 24.7 Å². The van der Waals surface area contributed by atoms with Crippen molar-refractivity contribution in [2.75, 3.05) is 0 Å². The van der Waals surface area contributed by atoms with Gasteiger partial charge in [-0.05, 0) is 127 Å². The fraction of sp³-hybridized carbons (Fsp3) is 0.0769. The lowest BCUT2D eigenvalue weighted by Gasteiger charge is -2.29. The van der Waals surface area contributed by atoms with E-state index in [1.54, 1.807) is 0 Å². The predicted octanol–water partition coefficient (Wildman–Crippen LogP) is 12.8. The Labute approximate surface area is 315 Å². The van der Waals surface area contributed by atoms with Crippen LogP contribution in [-0.4, -0.2) is 9.97 Å². The zero-order chi connectivity index (χ0) is 36.0. The van der Waals surface area contributed by atoms with Crippen molar-refractivity contribution in [1.29, 1.82) is 0 Å². The molecule has 0 aliphatic heterocycles. The summed E-state index contributed by atoms with van der Waals surface area (Å²) < 4.78 is 0. The fourth-order valence-corrected chi connectivity index (χ4v) is 9.87. The summed E-state index contributed by atoms with van der Waals surface area (Å²) >= 11 is 0. The molecule has 0 fully saturated rings. The van der Waals surface area contributed by atoms with Gasteiger partial charge in [0.15, 0.2) is 0 Å². The van der Waals surface area contributed by atoms with Gasteiger partial charge in [-0.2, -0.15) is 0 Å². The van der Waals surface area contributed by atoms with Crippen LogP contribution in [0.1, 0.15) is 47.2 Å². The molecule has 9 aromatic rings. The van der Waals surface area contributed by atoms with Gasteiger partial charge in [0.05, 0.1) is 11.4 Å². The molecule has 2 heterocycles. The van der Waals surface area contributed by atoms with Crippen molar-refractivity contribution in [3.8, 4) is 44.8 Å². The minimum atomic E-state index is -0.373. The molecule has 0 spiro atoms. The highest BCUT2D eigenvalue weighted by molar-refractivity contribution is 6.23. The lowest BCUT2D eigenvalue weighted by atomic mass is 9.72. The molecule has 0 amide bonds. The van der Waals surface area contributed by atoms with Gasteiger partial charge < -0.3 is 0 Å². The topological polar surface area (TPSA) is 25.8 Å². The van der Waals surface area contributed by atoms with E-state index in [0.29, 0.717) is 0 Å². The minimum absolute atomic E-state index is 0.373. The summed E-state index contributed by atoms with van der Waals surface area (Å²) in [6, 6.07) is 62.5. The van der Waals surface area contributed by atoms with Gasteiger partial charge in [-0.1, -0.05) is 133 Å². The Morgan fingerprint density at radius 3 is 1.09 bits per heavy atom. The molecule has 0 saturated carbocycles. The average molecular weight is 689 g/mol. The van der Waals surface area contributed by atoms with Crippen molar-refractivity contribution >= 4 is 21.5 Å². The molecule has 54 heavy (non-hydrogen) atoms. The van der Waals surface area contributed by atoms with Crippen molar-refractivity contribution in [2.24, 2.45) is 0 Å². The SMILES string of the molecule is CC1(c2ccccc2)c2cc3c(-c4ccccc4)c4cc5c(cc4c(-c4ccccc4)c3cc2-c2ncccc21)C(C)(c1ccccc1)c1cccnc1-5. The van der Waals surface area contributed by atoms with E-state index in [9.17, 15) is 0 Å². The maximum Gasteiger partial charge on any atom is 0.0749 e. The lowest BCUT2D eigenvalue weighted by molar-refractivity contribution is 0.713. The van der Waals surface area contributed by atoms with E-state index in [0.717, 1.165) is 11.4 Å². The molecular weight excluding hydrogens is 653 g/mol. The van der Waals surface area contributed by atoms with Crippen LogP contribution < -0.4 is 0 Å². The standard InChI is InChI=1S/C52H36N2/c1-51(35-21-11-5-12-22-35)43-25-15-27-53-49(43)41-29-37-39(31-45(41)51)47(33-17-7-3-8-18-33)38-30-42-46(32-40(38)48(37)34-19-9-4-10-20-34)52(2,36-23-13-6-14-24-36)44-26-16-28-54-50(42)44/h3-32H,1-2H3. The van der Waals surface area contributed by atoms with Crippen LogP contribution in [0.25, 0.3) is 66.3 Å². The third-order valence-corrected chi connectivity index (χ3v) is 12.5. The van der Waals surface area contributed by atoms with E-state index in [1.807, 2.05) is 12.4 Å². The maximum absolute atomic E-state index is 5.09. The highest BCUT2D eigenvalue weighted by Crippen LogP contribution is 2.57. The number of pyridine rings is 2. The highest BCUT2D eigenvalue weighted by Gasteiger charge is 2.44. The molecular formula is C52H36N2. The molecule has 2 aliphatic carbocycles.